The summed E-state index contributed by atoms with van der Waals surface area (Å²) in [6.45, 7) is -0.500. The summed E-state index contributed by atoms with van der Waals surface area (Å²) in [7, 11) is 0. The molecule has 0 aliphatic heterocycles. The molecule has 1 aromatic carbocycles. The van der Waals surface area contributed by atoms with Crippen molar-refractivity contribution < 1.29 is 61.3 Å². The molecular weight excluding hydrogens is 226 g/mol. The van der Waals surface area contributed by atoms with E-state index in [0.717, 1.165) is 0 Å². The first-order valence-electron chi connectivity index (χ1n) is 2.68. The van der Waals surface area contributed by atoms with Gasteiger partial charge in [0.1, 0.15) is 0 Å². The topological polar surface area (TPSA) is 40.1 Å². The van der Waals surface area contributed by atoms with E-state index in [1.54, 1.807) is 12.1 Å². The summed E-state index contributed by atoms with van der Waals surface area (Å²) in [6, 6.07) is 7.19. The number of benzene rings is 1. The molecule has 0 amide bonds. The van der Waals surface area contributed by atoms with Gasteiger partial charge in [-0.25, -0.2) is 0 Å². The second-order valence-electron chi connectivity index (χ2n) is 1.51. The molecule has 12 heavy (non-hydrogen) atoms. The van der Waals surface area contributed by atoms with Crippen molar-refractivity contribution in [3.8, 4) is 0 Å². The zero-order valence-corrected chi connectivity index (χ0v) is 11.1. The molecule has 2 nitrogen and oxygen atoms in total. The summed E-state index contributed by atoms with van der Waals surface area (Å²) in [6.07, 6.45) is 0. The average molecular weight is 231 g/mol. The van der Waals surface area contributed by atoms with Gasteiger partial charge in [-0.3, -0.25) is 0 Å². The molecule has 0 heterocycles. The Hall–Kier alpha value is 0.906. The molecule has 0 bridgehead atoms. The maximum absolute atomic E-state index is 8.25. The van der Waals surface area contributed by atoms with E-state index in [4.69, 9.17) is 33.1 Å². The van der Waals surface area contributed by atoms with Crippen LogP contribution in [0.15, 0.2) is 24.3 Å². The van der Waals surface area contributed by atoms with Crippen molar-refractivity contribution in [1.29, 1.82) is 0 Å². The smallest absolute Gasteiger partial charge is 0.554 e. The van der Waals surface area contributed by atoms with E-state index in [0.29, 0.717) is 10.0 Å². The van der Waals surface area contributed by atoms with Crippen LogP contribution >= 0.6 is 23.2 Å². The Morgan fingerprint density at radius 3 is 1.58 bits per heavy atom. The molecular formula is C7H5Cl2KO2. The molecule has 0 saturated heterocycles. The number of hydrogen-bond acceptors (Lipinski definition) is 2. The van der Waals surface area contributed by atoms with Crippen LogP contribution in [0.5, 0.6) is 0 Å². The van der Waals surface area contributed by atoms with Gasteiger partial charge in [0.25, 0.3) is 0 Å². The molecule has 1 rings (SSSR count). The normalized spacial score (nSPS) is 7.17. The van der Waals surface area contributed by atoms with Crippen molar-refractivity contribution in [2.75, 3.05) is 0 Å². The third kappa shape index (κ3) is 7.55. The first-order chi connectivity index (χ1) is 5.22. The summed E-state index contributed by atoms with van der Waals surface area (Å²) < 4.78 is 0. The third-order valence-electron chi connectivity index (χ3n) is 0.824. The van der Waals surface area contributed by atoms with Crippen LogP contribution in [-0.4, -0.2) is 6.47 Å². The third-order valence-corrected chi connectivity index (χ3v) is 1.58. The van der Waals surface area contributed by atoms with Crippen LogP contribution in [0.4, 0.5) is 0 Å². The summed E-state index contributed by atoms with van der Waals surface area (Å²) in [5.74, 6) is 0. The largest absolute Gasteiger partial charge is 1.00 e. The minimum absolute atomic E-state index is 0. The Labute approximate surface area is 123 Å². The Morgan fingerprint density at radius 2 is 1.42 bits per heavy atom. The molecule has 1 aromatic rings. The number of carbonyl (C=O) groups excluding carboxylic acids is 1. The monoisotopic (exact) mass is 230 g/mol. The molecule has 0 radical (unpaired) electrons. The molecule has 5 heteroatoms. The van der Waals surface area contributed by atoms with Gasteiger partial charge in [0.2, 0.25) is 0 Å². The van der Waals surface area contributed by atoms with Crippen molar-refractivity contribution in [2.45, 2.75) is 0 Å². The summed E-state index contributed by atoms with van der Waals surface area (Å²) in [4.78, 5) is 8.25. The van der Waals surface area contributed by atoms with Gasteiger partial charge in [-0.1, -0.05) is 35.3 Å². The Kier molecular flexibility index (Phi) is 12.8. The summed E-state index contributed by atoms with van der Waals surface area (Å²) in [5.41, 5.74) is 0. The number of halogens is 2. The zero-order chi connectivity index (χ0) is 8.69. The van der Waals surface area contributed by atoms with E-state index in [1.807, 2.05) is 12.1 Å². The molecule has 0 spiro atoms. The number of rotatable bonds is 0. The molecule has 0 fully saturated rings. The molecule has 0 N–H and O–H groups in total. The minimum Gasteiger partial charge on any atom is -0.554 e. The van der Waals surface area contributed by atoms with Gasteiger partial charge in [0, 0.05) is 6.47 Å². The second kappa shape index (κ2) is 9.99. The van der Waals surface area contributed by atoms with E-state index >= 15 is 0 Å². The predicted octanol–water partition coefficient (Wildman–Crippen LogP) is -1.64. The van der Waals surface area contributed by atoms with E-state index < -0.39 is 6.47 Å². The zero-order valence-electron chi connectivity index (χ0n) is 6.46. The van der Waals surface area contributed by atoms with E-state index in [-0.39, 0.29) is 51.4 Å². The van der Waals surface area contributed by atoms with Gasteiger partial charge < -0.3 is 9.90 Å². The van der Waals surface area contributed by atoms with E-state index in [1.165, 1.54) is 0 Å². The molecule has 0 aliphatic rings. The SMILES string of the molecule is Clc1ccccc1Cl.O=C[O-].[K+]. The van der Waals surface area contributed by atoms with E-state index in [2.05, 4.69) is 0 Å². The molecule has 0 saturated carbocycles. The van der Waals surface area contributed by atoms with Gasteiger partial charge in [0.05, 0.1) is 10.0 Å². The van der Waals surface area contributed by atoms with Crippen molar-refractivity contribution in [3.63, 3.8) is 0 Å². The molecule has 60 valence electrons. The van der Waals surface area contributed by atoms with Crippen LogP contribution in [-0.2, 0) is 4.79 Å². The Morgan fingerprint density at radius 1 is 1.17 bits per heavy atom. The molecule has 0 atom stereocenters. The fourth-order valence-corrected chi connectivity index (χ4v) is 0.711. The predicted molar refractivity (Wildman–Crippen MR) is 42.5 cm³/mol. The number of hydrogen-bond donors (Lipinski definition) is 0. The minimum atomic E-state index is -0.500. The fraction of sp³-hybridized carbons (Fsp3) is 0. The van der Waals surface area contributed by atoms with Crippen LogP contribution in [0, 0.1) is 0 Å². The molecule has 0 aromatic heterocycles. The molecule has 0 unspecified atom stereocenters. The Balaban J connectivity index is 0. The first kappa shape index (κ1) is 15.4. The van der Waals surface area contributed by atoms with Crippen LogP contribution in [0.1, 0.15) is 0 Å². The van der Waals surface area contributed by atoms with Gasteiger partial charge in [-0.05, 0) is 12.1 Å². The summed E-state index contributed by atoms with van der Waals surface area (Å²) >= 11 is 11.2. The van der Waals surface area contributed by atoms with Crippen LogP contribution in [0.25, 0.3) is 0 Å². The maximum Gasteiger partial charge on any atom is 1.00 e. The van der Waals surface area contributed by atoms with Crippen molar-refractivity contribution in [1.82, 2.24) is 0 Å². The number of carbonyl (C=O) groups is 1. The van der Waals surface area contributed by atoms with Crippen LogP contribution < -0.4 is 56.5 Å². The number of carboxylic acid groups (broad SMARTS) is 1. The quantitative estimate of drug-likeness (QED) is 0.397. The van der Waals surface area contributed by atoms with Crippen LogP contribution in [0.2, 0.25) is 10.0 Å². The van der Waals surface area contributed by atoms with Crippen LogP contribution in [0.3, 0.4) is 0 Å². The molecule has 0 aliphatic carbocycles. The van der Waals surface area contributed by atoms with Crippen molar-refractivity contribution in [2.24, 2.45) is 0 Å². The Bertz CT molecular complexity index is 209. The standard InChI is InChI=1S/C6H4Cl2.CH2O2.K/c7-5-3-1-2-4-6(5)8;2-1-3;/h1-4H;1H,(H,2,3);/q;;+1/p-1. The average Bonchev–Trinajstić information content (AvgIpc) is 1.97. The van der Waals surface area contributed by atoms with Crippen molar-refractivity contribution in [3.05, 3.63) is 34.3 Å². The van der Waals surface area contributed by atoms with Gasteiger partial charge in [-0.15, -0.1) is 0 Å². The van der Waals surface area contributed by atoms with Gasteiger partial charge in [-0.2, -0.15) is 0 Å². The van der Waals surface area contributed by atoms with Crippen molar-refractivity contribution >= 4 is 29.7 Å². The second-order valence-corrected chi connectivity index (χ2v) is 2.32. The van der Waals surface area contributed by atoms with Gasteiger partial charge >= 0.3 is 51.4 Å². The summed E-state index contributed by atoms with van der Waals surface area (Å²) in [5, 5.41) is 9.46. The first-order valence-corrected chi connectivity index (χ1v) is 3.43. The fourth-order valence-electron chi connectivity index (χ4n) is 0.439. The van der Waals surface area contributed by atoms with E-state index in [9.17, 15) is 0 Å². The van der Waals surface area contributed by atoms with Gasteiger partial charge in [0.15, 0.2) is 0 Å². The maximum atomic E-state index is 8.25.